The standard InChI is InChI=1S/C12H16N2O3S2/c1-19(15,16)17-11(9-14-7-6-13-10-14)4-5-12-3-2-8-18-12/h2-3,6-8,10-11H,4-5,9H2,1H3. The minimum Gasteiger partial charge on any atom is -0.335 e. The summed E-state index contributed by atoms with van der Waals surface area (Å²) in [6, 6.07) is 4.03. The Kier molecular flexibility index (Phi) is 4.73. The van der Waals surface area contributed by atoms with Crippen molar-refractivity contribution in [2.24, 2.45) is 0 Å². The summed E-state index contributed by atoms with van der Waals surface area (Å²) in [5.41, 5.74) is 0. The van der Waals surface area contributed by atoms with Gasteiger partial charge in [0.25, 0.3) is 10.1 Å². The maximum Gasteiger partial charge on any atom is 0.264 e. The Balaban J connectivity index is 1.97. The highest BCUT2D eigenvalue weighted by Gasteiger charge is 2.16. The topological polar surface area (TPSA) is 61.2 Å². The quantitative estimate of drug-likeness (QED) is 0.733. The number of hydrogen-bond donors (Lipinski definition) is 0. The summed E-state index contributed by atoms with van der Waals surface area (Å²) in [6.45, 7) is 0.485. The van der Waals surface area contributed by atoms with Crippen LogP contribution >= 0.6 is 11.3 Å². The largest absolute Gasteiger partial charge is 0.335 e. The molecule has 104 valence electrons. The Morgan fingerprint density at radius 1 is 1.53 bits per heavy atom. The van der Waals surface area contributed by atoms with E-state index >= 15 is 0 Å². The molecule has 0 spiro atoms. The van der Waals surface area contributed by atoms with Crippen molar-refractivity contribution in [3.05, 3.63) is 41.1 Å². The summed E-state index contributed by atoms with van der Waals surface area (Å²) in [5.74, 6) is 0. The van der Waals surface area contributed by atoms with Crippen LogP contribution in [0.5, 0.6) is 0 Å². The molecule has 0 fully saturated rings. The molecule has 1 atom stereocenters. The first-order chi connectivity index (χ1) is 9.03. The SMILES string of the molecule is CS(=O)(=O)OC(CCc1cccs1)Cn1ccnc1. The van der Waals surface area contributed by atoms with Crippen LogP contribution in [0.15, 0.2) is 36.2 Å². The number of thiophene rings is 1. The van der Waals surface area contributed by atoms with Crippen molar-refractivity contribution < 1.29 is 12.6 Å². The molecule has 0 saturated carbocycles. The number of aromatic nitrogens is 2. The van der Waals surface area contributed by atoms with E-state index in [1.807, 2.05) is 22.1 Å². The van der Waals surface area contributed by atoms with Gasteiger partial charge in [-0.2, -0.15) is 8.42 Å². The second-order valence-corrected chi connectivity index (χ2v) is 6.93. The Hall–Kier alpha value is -1.18. The third-order valence-corrected chi connectivity index (χ3v) is 4.14. The van der Waals surface area contributed by atoms with E-state index < -0.39 is 10.1 Å². The Morgan fingerprint density at radius 3 is 2.95 bits per heavy atom. The summed E-state index contributed by atoms with van der Waals surface area (Å²) >= 11 is 1.67. The smallest absolute Gasteiger partial charge is 0.264 e. The van der Waals surface area contributed by atoms with Gasteiger partial charge in [0, 0.05) is 17.3 Å². The van der Waals surface area contributed by atoms with E-state index in [-0.39, 0.29) is 6.10 Å². The maximum absolute atomic E-state index is 11.3. The van der Waals surface area contributed by atoms with Crippen LogP contribution in [-0.4, -0.2) is 30.3 Å². The summed E-state index contributed by atoms with van der Waals surface area (Å²) in [6.07, 6.45) is 7.30. The minimum atomic E-state index is -3.45. The Morgan fingerprint density at radius 2 is 2.37 bits per heavy atom. The number of imidazole rings is 1. The molecule has 2 aromatic heterocycles. The highest BCUT2D eigenvalue weighted by atomic mass is 32.2. The molecule has 0 bridgehead atoms. The summed E-state index contributed by atoms with van der Waals surface area (Å²) in [4.78, 5) is 5.17. The average molecular weight is 300 g/mol. The number of nitrogens with zero attached hydrogens (tertiary/aromatic N) is 2. The maximum atomic E-state index is 11.3. The van der Waals surface area contributed by atoms with Crippen molar-refractivity contribution in [3.63, 3.8) is 0 Å². The Bertz CT molecular complexity index is 577. The van der Waals surface area contributed by atoms with Crippen molar-refractivity contribution in [2.45, 2.75) is 25.5 Å². The fourth-order valence-electron chi connectivity index (χ4n) is 1.80. The molecule has 5 nitrogen and oxygen atoms in total. The first-order valence-electron chi connectivity index (χ1n) is 5.89. The van der Waals surface area contributed by atoms with Gasteiger partial charge in [-0.3, -0.25) is 4.18 Å². The second kappa shape index (κ2) is 6.31. The van der Waals surface area contributed by atoms with Crippen molar-refractivity contribution in [3.8, 4) is 0 Å². The van der Waals surface area contributed by atoms with Gasteiger partial charge in [0.15, 0.2) is 0 Å². The molecule has 0 aliphatic carbocycles. The van der Waals surface area contributed by atoms with Gasteiger partial charge >= 0.3 is 0 Å². The molecule has 0 N–H and O–H groups in total. The minimum absolute atomic E-state index is 0.369. The van der Waals surface area contributed by atoms with E-state index in [1.54, 1.807) is 30.1 Å². The molecular weight excluding hydrogens is 284 g/mol. The monoisotopic (exact) mass is 300 g/mol. The van der Waals surface area contributed by atoms with Crippen LogP contribution in [0.3, 0.4) is 0 Å². The van der Waals surface area contributed by atoms with Crippen LogP contribution in [0.1, 0.15) is 11.3 Å². The molecule has 1 unspecified atom stereocenters. The molecule has 0 radical (unpaired) electrons. The van der Waals surface area contributed by atoms with E-state index in [4.69, 9.17) is 4.18 Å². The normalized spacial score (nSPS) is 13.5. The molecule has 0 aliphatic rings. The van der Waals surface area contributed by atoms with E-state index in [2.05, 4.69) is 4.98 Å². The lowest BCUT2D eigenvalue weighted by molar-refractivity contribution is 0.180. The van der Waals surface area contributed by atoms with Gasteiger partial charge in [0.2, 0.25) is 0 Å². The first-order valence-corrected chi connectivity index (χ1v) is 8.59. The zero-order valence-electron chi connectivity index (χ0n) is 10.6. The zero-order valence-corrected chi connectivity index (χ0v) is 12.2. The van der Waals surface area contributed by atoms with Gasteiger partial charge in [0.1, 0.15) is 0 Å². The lowest BCUT2D eigenvalue weighted by Crippen LogP contribution is -2.23. The molecule has 2 aromatic rings. The molecule has 0 aliphatic heterocycles. The molecule has 2 rings (SSSR count). The lowest BCUT2D eigenvalue weighted by Gasteiger charge is -2.16. The number of rotatable bonds is 7. The predicted molar refractivity (Wildman–Crippen MR) is 74.6 cm³/mol. The molecular formula is C12H16N2O3S2. The average Bonchev–Trinajstić information content (AvgIpc) is 2.96. The molecule has 0 saturated heterocycles. The highest BCUT2D eigenvalue weighted by Crippen LogP contribution is 2.15. The summed E-state index contributed by atoms with van der Waals surface area (Å²) in [7, 11) is -3.45. The van der Waals surface area contributed by atoms with E-state index in [0.29, 0.717) is 13.0 Å². The molecule has 0 aromatic carbocycles. The molecule has 0 amide bonds. The van der Waals surface area contributed by atoms with Crippen LogP contribution in [0.25, 0.3) is 0 Å². The van der Waals surface area contributed by atoms with Crippen molar-refractivity contribution in [1.29, 1.82) is 0 Å². The zero-order chi connectivity index (χ0) is 13.7. The second-order valence-electron chi connectivity index (χ2n) is 4.30. The van der Waals surface area contributed by atoms with E-state index in [0.717, 1.165) is 12.7 Å². The summed E-state index contributed by atoms with van der Waals surface area (Å²) < 4.78 is 29.5. The van der Waals surface area contributed by atoms with Gasteiger partial charge in [-0.05, 0) is 24.3 Å². The van der Waals surface area contributed by atoms with Gasteiger partial charge < -0.3 is 4.57 Å². The lowest BCUT2D eigenvalue weighted by atomic mass is 10.2. The first kappa shape index (κ1) is 14.2. The predicted octanol–water partition coefficient (Wildman–Crippen LogP) is 1.92. The third kappa shape index (κ3) is 5.14. The number of aryl methyl sites for hydroxylation is 1. The van der Waals surface area contributed by atoms with Crippen molar-refractivity contribution in [2.75, 3.05) is 6.26 Å². The van der Waals surface area contributed by atoms with Crippen LogP contribution in [0.2, 0.25) is 0 Å². The van der Waals surface area contributed by atoms with Crippen LogP contribution in [0.4, 0.5) is 0 Å². The fraction of sp³-hybridized carbons (Fsp3) is 0.417. The highest BCUT2D eigenvalue weighted by molar-refractivity contribution is 7.86. The van der Waals surface area contributed by atoms with Crippen LogP contribution in [0, 0.1) is 0 Å². The van der Waals surface area contributed by atoms with Crippen molar-refractivity contribution in [1.82, 2.24) is 9.55 Å². The van der Waals surface area contributed by atoms with Crippen LogP contribution in [-0.2, 0) is 27.3 Å². The van der Waals surface area contributed by atoms with Gasteiger partial charge in [-0.25, -0.2) is 4.98 Å². The molecule has 7 heteroatoms. The van der Waals surface area contributed by atoms with E-state index in [1.165, 1.54) is 4.88 Å². The number of hydrogen-bond acceptors (Lipinski definition) is 5. The molecule has 2 heterocycles. The van der Waals surface area contributed by atoms with Crippen molar-refractivity contribution >= 4 is 21.5 Å². The molecule has 19 heavy (non-hydrogen) atoms. The van der Waals surface area contributed by atoms with Gasteiger partial charge in [-0.15, -0.1) is 11.3 Å². The Labute approximate surface area is 117 Å². The summed E-state index contributed by atoms with van der Waals surface area (Å²) in [5, 5.41) is 2.01. The fourth-order valence-corrected chi connectivity index (χ4v) is 3.18. The van der Waals surface area contributed by atoms with Crippen LogP contribution < -0.4 is 0 Å². The van der Waals surface area contributed by atoms with E-state index in [9.17, 15) is 8.42 Å². The van der Waals surface area contributed by atoms with Gasteiger partial charge in [-0.1, -0.05) is 6.07 Å². The van der Waals surface area contributed by atoms with Gasteiger partial charge in [0.05, 0.1) is 25.2 Å². The third-order valence-electron chi connectivity index (χ3n) is 2.58.